The molecule has 0 aliphatic rings. The Hall–Kier alpha value is -1.21. The largest absolute Gasteiger partial charge is 0.469 e. The van der Waals surface area contributed by atoms with Crippen molar-refractivity contribution in [1.29, 1.82) is 0 Å². The smallest absolute Gasteiger partial charge is 0.462 e. The lowest BCUT2D eigenvalue weighted by Crippen LogP contribution is -2.29. The first kappa shape index (κ1) is 34.8. The zero-order chi connectivity index (χ0) is 26.9. The molecule has 36 heavy (non-hydrogen) atoms. The molecular weight excluding hydrogens is 483 g/mol. The SMILES string of the molecule is CCCCCCC/C=C\CCCCCCCC(=O)OC(COC(=O)CCCCCC)COP(=O)(O)O. The van der Waals surface area contributed by atoms with E-state index in [4.69, 9.17) is 19.3 Å². The van der Waals surface area contributed by atoms with E-state index in [0.29, 0.717) is 12.8 Å². The molecule has 0 spiro atoms. The van der Waals surface area contributed by atoms with Crippen molar-refractivity contribution in [2.45, 2.75) is 136 Å². The summed E-state index contributed by atoms with van der Waals surface area (Å²) in [6.45, 7) is 3.48. The van der Waals surface area contributed by atoms with Crippen LogP contribution in [0.2, 0.25) is 0 Å². The molecule has 0 bridgehead atoms. The summed E-state index contributed by atoms with van der Waals surface area (Å²) >= 11 is 0. The standard InChI is InChI=1S/C27H51O8P/c1-3-5-7-9-10-11-12-13-14-15-16-17-18-20-22-27(29)35-25(24-34-36(30,31)32)23-33-26(28)21-19-8-6-4-2/h12-13,25H,3-11,14-24H2,1-2H3,(H2,30,31,32)/b13-12-. The summed E-state index contributed by atoms with van der Waals surface area (Å²) in [5.41, 5.74) is 0. The van der Waals surface area contributed by atoms with Gasteiger partial charge in [0, 0.05) is 12.8 Å². The zero-order valence-corrected chi connectivity index (χ0v) is 23.6. The maximum absolute atomic E-state index is 12.2. The summed E-state index contributed by atoms with van der Waals surface area (Å²) in [6, 6.07) is 0. The molecule has 0 aromatic heterocycles. The van der Waals surface area contributed by atoms with Gasteiger partial charge in [-0.05, 0) is 38.5 Å². The van der Waals surface area contributed by atoms with Crippen molar-refractivity contribution >= 4 is 19.8 Å². The predicted octanol–water partition coefficient (Wildman–Crippen LogP) is 7.17. The lowest BCUT2D eigenvalue weighted by atomic mass is 10.1. The Morgan fingerprint density at radius 3 is 1.72 bits per heavy atom. The Morgan fingerprint density at radius 1 is 0.694 bits per heavy atom. The number of esters is 2. The second kappa shape index (κ2) is 24.1. The van der Waals surface area contributed by atoms with Gasteiger partial charge < -0.3 is 19.3 Å². The molecule has 212 valence electrons. The molecule has 0 aromatic carbocycles. The van der Waals surface area contributed by atoms with Gasteiger partial charge in [-0.25, -0.2) is 4.57 Å². The Labute approximate surface area is 218 Å². The number of phosphoric ester groups is 1. The first-order chi connectivity index (χ1) is 17.3. The van der Waals surface area contributed by atoms with Crippen LogP contribution in [0.3, 0.4) is 0 Å². The summed E-state index contributed by atoms with van der Waals surface area (Å²) in [4.78, 5) is 41.9. The van der Waals surface area contributed by atoms with Crippen LogP contribution < -0.4 is 0 Å². The molecular formula is C27H51O8P. The summed E-state index contributed by atoms with van der Waals surface area (Å²) in [6.07, 6.45) is 21.4. The molecule has 1 atom stereocenters. The molecule has 0 saturated heterocycles. The highest BCUT2D eigenvalue weighted by molar-refractivity contribution is 7.46. The van der Waals surface area contributed by atoms with Crippen LogP contribution >= 0.6 is 7.82 Å². The lowest BCUT2D eigenvalue weighted by Gasteiger charge is -2.18. The normalized spacial score (nSPS) is 12.7. The average molecular weight is 535 g/mol. The minimum atomic E-state index is -4.72. The van der Waals surface area contributed by atoms with Gasteiger partial charge in [-0.3, -0.25) is 14.1 Å². The predicted molar refractivity (Wildman–Crippen MR) is 142 cm³/mol. The van der Waals surface area contributed by atoms with Gasteiger partial charge in [0.05, 0.1) is 6.61 Å². The van der Waals surface area contributed by atoms with Crippen molar-refractivity contribution in [3.05, 3.63) is 12.2 Å². The van der Waals surface area contributed by atoms with Crippen LogP contribution in [0.25, 0.3) is 0 Å². The number of carbonyl (C=O) groups is 2. The van der Waals surface area contributed by atoms with Gasteiger partial charge in [0.2, 0.25) is 0 Å². The van der Waals surface area contributed by atoms with E-state index in [1.54, 1.807) is 0 Å². The summed E-state index contributed by atoms with van der Waals surface area (Å²) in [7, 11) is -4.72. The number of allylic oxidation sites excluding steroid dienone is 2. The van der Waals surface area contributed by atoms with Crippen molar-refractivity contribution in [3.63, 3.8) is 0 Å². The fourth-order valence-electron chi connectivity index (χ4n) is 3.66. The maximum Gasteiger partial charge on any atom is 0.469 e. The number of rotatable bonds is 25. The van der Waals surface area contributed by atoms with Crippen LogP contribution in [0.5, 0.6) is 0 Å². The van der Waals surface area contributed by atoms with E-state index in [1.807, 2.05) is 0 Å². The van der Waals surface area contributed by atoms with E-state index < -0.39 is 32.5 Å². The first-order valence-electron chi connectivity index (χ1n) is 14.0. The lowest BCUT2D eigenvalue weighted by molar-refractivity contribution is -0.161. The molecule has 0 aliphatic heterocycles. The Balaban J connectivity index is 4.01. The topological polar surface area (TPSA) is 119 Å². The molecule has 8 nitrogen and oxygen atoms in total. The molecule has 2 N–H and O–H groups in total. The third kappa shape index (κ3) is 25.9. The van der Waals surface area contributed by atoms with Gasteiger partial charge in [0.1, 0.15) is 6.61 Å². The highest BCUT2D eigenvalue weighted by atomic mass is 31.2. The molecule has 0 aliphatic carbocycles. The Morgan fingerprint density at radius 2 is 1.17 bits per heavy atom. The Kier molecular flexibility index (Phi) is 23.3. The number of phosphoric acid groups is 1. The second-order valence-corrected chi connectivity index (χ2v) is 10.6. The number of hydrogen-bond acceptors (Lipinski definition) is 6. The van der Waals surface area contributed by atoms with Crippen molar-refractivity contribution in [2.75, 3.05) is 13.2 Å². The van der Waals surface area contributed by atoms with Crippen molar-refractivity contribution in [1.82, 2.24) is 0 Å². The first-order valence-corrected chi connectivity index (χ1v) is 15.5. The van der Waals surface area contributed by atoms with E-state index in [2.05, 4.69) is 30.5 Å². The fourth-order valence-corrected chi connectivity index (χ4v) is 4.02. The quantitative estimate of drug-likeness (QED) is 0.0547. The minimum absolute atomic E-state index is 0.204. The molecule has 1 unspecified atom stereocenters. The summed E-state index contributed by atoms with van der Waals surface area (Å²) < 4.78 is 25.8. The van der Waals surface area contributed by atoms with Crippen LogP contribution in [0.15, 0.2) is 12.2 Å². The van der Waals surface area contributed by atoms with E-state index in [-0.39, 0.29) is 19.4 Å². The third-order valence-corrected chi connectivity index (χ3v) is 6.27. The van der Waals surface area contributed by atoms with Gasteiger partial charge in [-0.1, -0.05) is 90.2 Å². The molecule has 0 rings (SSSR count). The van der Waals surface area contributed by atoms with Crippen molar-refractivity contribution < 1.29 is 37.9 Å². The fraction of sp³-hybridized carbons (Fsp3) is 0.852. The third-order valence-electron chi connectivity index (χ3n) is 5.78. The molecule has 0 amide bonds. The van der Waals surface area contributed by atoms with E-state index in [0.717, 1.165) is 51.4 Å². The monoisotopic (exact) mass is 534 g/mol. The molecule has 0 aromatic rings. The van der Waals surface area contributed by atoms with Gasteiger partial charge in [0.15, 0.2) is 6.10 Å². The molecule has 0 heterocycles. The van der Waals surface area contributed by atoms with Crippen LogP contribution in [0.4, 0.5) is 0 Å². The maximum atomic E-state index is 12.2. The van der Waals surface area contributed by atoms with Crippen LogP contribution in [-0.4, -0.2) is 41.0 Å². The van der Waals surface area contributed by atoms with Gasteiger partial charge in [-0.2, -0.15) is 0 Å². The van der Waals surface area contributed by atoms with Gasteiger partial charge in [0.25, 0.3) is 0 Å². The van der Waals surface area contributed by atoms with Crippen molar-refractivity contribution in [3.8, 4) is 0 Å². The van der Waals surface area contributed by atoms with E-state index in [1.165, 1.54) is 38.5 Å². The molecule has 0 radical (unpaired) electrons. The molecule has 9 heteroatoms. The number of unbranched alkanes of at least 4 members (excludes halogenated alkanes) is 13. The van der Waals surface area contributed by atoms with E-state index in [9.17, 15) is 14.2 Å². The summed E-state index contributed by atoms with van der Waals surface area (Å²) in [5, 5.41) is 0. The number of carbonyl (C=O) groups excluding carboxylic acids is 2. The molecule has 0 saturated carbocycles. The van der Waals surface area contributed by atoms with Crippen LogP contribution in [-0.2, 0) is 28.2 Å². The van der Waals surface area contributed by atoms with E-state index >= 15 is 0 Å². The zero-order valence-electron chi connectivity index (χ0n) is 22.7. The van der Waals surface area contributed by atoms with Crippen LogP contribution in [0, 0.1) is 0 Å². The highest BCUT2D eigenvalue weighted by Gasteiger charge is 2.22. The van der Waals surface area contributed by atoms with Crippen molar-refractivity contribution in [2.24, 2.45) is 0 Å². The minimum Gasteiger partial charge on any atom is -0.462 e. The Bertz CT molecular complexity index is 617. The second-order valence-electron chi connectivity index (χ2n) is 9.37. The average Bonchev–Trinajstić information content (AvgIpc) is 2.83. The van der Waals surface area contributed by atoms with Gasteiger partial charge >= 0.3 is 19.8 Å². The summed E-state index contributed by atoms with van der Waals surface area (Å²) in [5.74, 6) is -0.916. The highest BCUT2D eigenvalue weighted by Crippen LogP contribution is 2.35. The van der Waals surface area contributed by atoms with Gasteiger partial charge in [-0.15, -0.1) is 0 Å². The number of hydrogen-bond donors (Lipinski definition) is 2. The van der Waals surface area contributed by atoms with Crippen LogP contribution in [0.1, 0.15) is 129 Å². The number of ether oxygens (including phenoxy) is 2. The molecule has 0 fully saturated rings.